The third kappa shape index (κ3) is 3.23. The Morgan fingerprint density at radius 2 is 2.00 bits per heavy atom. The van der Waals surface area contributed by atoms with E-state index in [0.717, 1.165) is 18.7 Å². The first kappa shape index (κ1) is 13.4. The number of nitrogens with zero attached hydrogens (tertiary/aromatic N) is 1. The van der Waals surface area contributed by atoms with E-state index < -0.39 is 0 Å². The van der Waals surface area contributed by atoms with Crippen LogP contribution in [0.1, 0.15) is 21.6 Å². The summed E-state index contributed by atoms with van der Waals surface area (Å²) < 4.78 is 6.86. The van der Waals surface area contributed by atoms with Gasteiger partial charge in [-0.15, -0.1) is 0 Å². The number of rotatable bonds is 5. The Labute approximate surface area is 113 Å². The van der Waals surface area contributed by atoms with Crippen molar-refractivity contribution in [2.75, 3.05) is 14.2 Å². The van der Waals surface area contributed by atoms with Gasteiger partial charge in [0.05, 0.1) is 12.7 Å². The highest BCUT2D eigenvalue weighted by molar-refractivity contribution is 5.89. The first-order valence-electron chi connectivity index (χ1n) is 6.20. The number of nitrogens with one attached hydrogen (secondary N) is 1. The lowest BCUT2D eigenvalue weighted by molar-refractivity contribution is 0.0600. The van der Waals surface area contributed by atoms with Crippen molar-refractivity contribution in [2.24, 2.45) is 0 Å². The molecule has 2 aromatic rings. The van der Waals surface area contributed by atoms with Crippen LogP contribution >= 0.6 is 0 Å². The molecule has 19 heavy (non-hydrogen) atoms. The Morgan fingerprint density at radius 1 is 1.26 bits per heavy atom. The molecule has 0 aliphatic heterocycles. The highest BCUT2D eigenvalue weighted by Gasteiger charge is 2.05. The second-order valence-corrected chi connectivity index (χ2v) is 4.35. The zero-order valence-electron chi connectivity index (χ0n) is 11.2. The molecule has 0 amide bonds. The summed E-state index contributed by atoms with van der Waals surface area (Å²) in [4.78, 5) is 11.3. The largest absolute Gasteiger partial charge is 0.465 e. The van der Waals surface area contributed by atoms with Crippen molar-refractivity contribution in [2.45, 2.75) is 13.1 Å². The van der Waals surface area contributed by atoms with Gasteiger partial charge in [-0.05, 0) is 36.9 Å². The standard InChI is InChI=1S/C15H18N2O2/c1-16-10-14-4-3-9-17(14)11-12-5-7-13(8-6-12)15(18)19-2/h3-9,16H,10-11H2,1-2H3. The second-order valence-electron chi connectivity index (χ2n) is 4.35. The molecule has 0 spiro atoms. The Bertz CT molecular complexity index is 544. The summed E-state index contributed by atoms with van der Waals surface area (Å²) in [6.45, 7) is 1.64. The average Bonchev–Trinajstić information content (AvgIpc) is 2.86. The fourth-order valence-corrected chi connectivity index (χ4v) is 2.01. The van der Waals surface area contributed by atoms with Crippen LogP contribution in [0, 0.1) is 0 Å². The van der Waals surface area contributed by atoms with E-state index in [9.17, 15) is 4.79 Å². The normalized spacial score (nSPS) is 10.4. The summed E-state index contributed by atoms with van der Waals surface area (Å²) in [7, 11) is 3.32. The number of hydrogen-bond acceptors (Lipinski definition) is 3. The fourth-order valence-electron chi connectivity index (χ4n) is 2.01. The van der Waals surface area contributed by atoms with E-state index >= 15 is 0 Å². The predicted molar refractivity (Wildman–Crippen MR) is 74.1 cm³/mol. The molecule has 1 aromatic carbocycles. The molecule has 0 aliphatic carbocycles. The number of benzene rings is 1. The Balaban J connectivity index is 2.11. The smallest absolute Gasteiger partial charge is 0.337 e. The van der Waals surface area contributed by atoms with Crippen molar-refractivity contribution in [3.8, 4) is 0 Å². The van der Waals surface area contributed by atoms with E-state index in [0.29, 0.717) is 5.56 Å². The van der Waals surface area contributed by atoms with Gasteiger partial charge in [0.1, 0.15) is 0 Å². The van der Waals surface area contributed by atoms with Crippen molar-refractivity contribution < 1.29 is 9.53 Å². The van der Waals surface area contributed by atoms with Gasteiger partial charge in [0.25, 0.3) is 0 Å². The molecular weight excluding hydrogens is 240 g/mol. The minimum Gasteiger partial charge on any atom is -0.465 e. The maximum atomic E-state index is 11.3. The molecule has 1 aromatic heterocycles. The topological polar surface area (TPSA) is 43.3 Å². The first-order chi connectivity index (χ1) is 9.24. The minimum atomic E-state index is -0.302. The fraction of sp³-hybridized carbons (Fsp3) is 0.267. The summed E-state index contributed by atoms with van der Waals surface area (Å²) in [5, 5.41) is 3.15. The second kappa shape index (κ2) is 6.20. The molecule has 1 N–H and O–H groups in total. The highest BCUT2D eigenvalue weighted by Crippen LogP contribution is 2.10. The summed E-state index contributed by atoms with van der Waals surface area (Å²) in [5.41, 5.74) is 2.97. The number of ether oxygens (including phenoxy) is 1. The molecule has 0 fully saturated rings. The molecule has 1 heterocycles. The van der Waals surface area contributed by atoms with Crippen molar-refractivity contribution in [3.63, 3.8) is 0 Å². The summed E-state index contributed by atoms with van der Waals surface area (Å²) in [5.74, 6) is -0.302. The van der Waals surface area contributed by atoms with Gasteiger partial charge in [0, 0.05) is 25.0 Å². The van der Waals surface area contributed by atoms with Gasteiger partial charge in [-0.25, -0.2) is 4.79 Å². The van der Waals surface area contributed by atoms with Gasteiger partial charge in [0.15, 0.2) is 0 Å². The van der Waals surface area contributed by atoms with Gasteiger partial charge in [-0.3, -0.25) is 0 Å². The number of esters is 1. The van der Waals surface area contributed by atoms with Crippen LogP contribution in [0.5, 0.6) is 0 Å². The Morgan fingerprint density at radius 3 is 2.63 bits per heavy atom. The van der Waals surface area contributed by atoms with Crippen LogP contribution in [-0.4, -0.2) is 24.7 Å². The number of carbonyl (C=O) groups excluding carboxylic acids is 1. The third-order valence-electron chi connectivity index (χ3n) is 3.01. The molecule has 0 unspecified atom stereocenters. The van der Waals surface area contributed by atoms with Crippen molar-refractivity contribution in [1.82, 2.24) is 9.88 Å². The third-order valence-corrected chi connectivity index (χ3v) is 3.01. The average molecular weight is 258 g/mol. The van der Waals surface area contributed by atoms with Crippen LogP contribution in [0.3, 0.4) is 0 Å². The van der Waals surface area contributed by atoms with Gasteiger partial charge in [-0.1, -0.05) is 12.1 Å². The van der Waals surface area contributed by atoms with E-state index in [-0.39, 0.29) is 5.97 Å². The zero-order valence-corrected chi connectivity index (χ0v) is 11.2. The van der Waals surface area contributed by atoms with Crippen molar-refractivity contribution in [3.05, 3.63) is 59.4 Å². The molecule has 4 nitrogen and oxygen atoms in total. The van der Waals surface area contributed by atoms with Crippen LogP contribution in [0.15, 0.2) is 42.6 Å². The first-order valence-corrected chi connectivity index (χ1v) is 6.20. The molecule has 0 saturated carbocycles. The number of methoxy groups -OCH3 is 1. The molecule has 4 heteroatoms. The van der Waals surface area contributed by atoms with Crippen LogP contribution in [0.25, 0.3) is 0 Å². The molecule has 2 rings (SSSR count). The summed E-state index contributed by atoms with van der Waals surface area (Å²) in [6, 6.07) is 11.6. The van der Waals surface area contributed by atoms with Crippen LogP contribution < -0.4 is 5.32 Å². The quantitative estimate of drug-likeness (QED) is 0.835. The van der Waals surface area contributed by atoms with E-state index in [1.807, 2.05) is 25.2 Å². The van der Waals surface area contributed by atoms with Gasteiger partial charge in [-0.2, -0.15) is 0 Å². The maximum absolute atomic E-state index is 11.3. The predicted octanol–water partition coefficient (Wildman–Crippen LogP) is 2.04. The van der Waals surface area contributed by atoms with Crippen LogP contribution in [-0.2, 0) is 17.8 Å². The number of carbonyl (C=O) groups is 1. The SMILES string of the molecule is CNCc1cccn1Cc1ccc(C(=O)OC)cc1. The molecule has 0 saturated heterocycles. The molecule has 0 aliphatic rings. The Kier molecular flexibility index (Phi) is 4.36. The van der Waals surface area contributed by atoms with Crippen molar-refractivity contribution in [1.29, 1.82) is 0 Å². The van der Waals surface area contributed by atoms with Crippen LogP contribution in [0.4, 0.5) is 0 Å². The Hall–Kier alpha value is -2.07. The minimum absolute atomic E-state index is 0.302. The van der Waals surface area contributed by atoms with E-state index in [4.69, 9.17) is 0 Å². The van der Waals surface area contributed by atoms with Gasteiger partial charge < -0.3 is 14.6 Å². The summed E-state index contributed by atoms with van der Waals surface area (Å²) >= 11 is 0. The van der Waals surface area contributed by atoms with E-state index in [2.05, 4.69) is 26.9 Å². The van der Waals surface area contributed by atoms with Gasteiger partial charge in [0.2, 0.25) is 0 Å². The highest BCUT2D eigenvalue weighted by atomic mass is 16.5. The number of aromatic nitrogens is 1. The lowest BCUT2D eigenvalue weighted by Gasteiger charge is -2.09. The van der Waals surface area contributed by atoms with E-state index in [1.165, 1.54) is 12.8 Å². The van der Waals surface area contributed by atoms with E-state index in [1.54, 1.807) is 12.1 Å². The summed E-state index contributed by atoms with van der Waals surface area (Å²) in [6.07, 6.45) is 2.06. The van der Waals surface area contributed by atoms with Crippen LogP contribution in [0.2, 0.25) is 0 Å². The molecule has 0 bridgehead atoms. The van der Waals surface area contributed by atoms with Crippen molar-refractivity contribution >= 4 is 5.97 Å². The lowest BCUT2D eigenvalue weighted by Crippen LogP contribution is -2.11. The zero-order chi connectivity index (χ0) is 13.7. The molecule has 0 atom stereocenters. The van der Waals surface area contributed by atoms with Gasteiger partial charge >= 0.3 is 5.97 Å². The monoisotopic (exact) mass is 258 g/mol. The lowest BCUT2D eigenvalue weighted by atomic mass is 10.1. The molecule has 0 radical (unpaired) electrons. The molecule has 100 valence electrons. The number of hydrogen-bond donors (Lipinski definition) is 1. The maximum Gasteiger partial charge on any atom is 0.337 e. The molecular formula is C15H18N2O2.